The van der Waals surface area contributed by atoms with E-state index in [1.54, 1.807) is 11.4 Å². The van der Waals surface area contributed by atoms with Crippen molar-refractivity contribution in [1.29, 1.82) is 0 Å². The molecule has 0 atom stereocenters. The third-order valence-corrected chi connectivity index (χ3v) is 3.75. The first kappa shape index (κ1) is 12.4. The fraction of sp³-hybridized carbons (Fsp3) is 0.0833. The molecule has 0 aliphatic rings. The van der Waals surface area contributed by atoms with E-state index in [-0.39, 0.29) is 17.8 Å². The summed E-state index contributed by atoms with van der Waals surface area (Å²) in [6, 6.07) is 4.78. The normalized spacial score (nSPS) is 10.5. The molecule has 0 aliphatic heterocycles. The monoisotopic (exact) mass is 316 g/mol. The first-order chi connectivity index (χ1) is 8.06. The number of ketones is 1. The Morgan fingerprint density at radius 1 is 1.29 bits per heavy atom. The van der Waals surface area contributed by atoms with Crippen LogP contribution in [0, 0.1) is 11.6 Å². The van der Waals surface area contributed by atoms with Gasteiger partial charge in [0, 0.05) is 17.4 Å². The second-order valence-corrected chi connectivity index (χ2v) is 5.77. The minimum Gasteiger partial charge on any atom is -0.294 e. The molecule has 1 aromatic heterocycles. The molecular weight excluding hydrogens is 310 g/mol. The fourth-order valence-electron chi connectivity index (χ4n) is 1.41. The van der Waals surface area contributed by atoms with Gasteiger partial charge in [0.1, 0.15) is 11.6 Å². The van der Waals surface area contributed by atoms with Crippen molar-refractivity contribution in [1.82, 2.24) is 0 Å². The van der Waals surface area contributed by atoms with E-state index in [9.17, 15) is 13.6 Å². The number of hydrogen-bond acceptors (Lipinski definition) is 2. The number of benzene rings is 1. The molecular formula is C12H7BrF2OS. The number of halogens is 3. The number of hydrogen-bond donors (Lipinski definition) is 0. The van der Waals surface area contributed by atoms with Gasteiger partial charge >= 0.3 is 0 Å². The van der Waals surface area contributed by atoms with Crippen molar-refractivity contribution in [3.8, 4) is 0 Å². The Balaban J connectivity index is 2.21. The second-order valence-electron chi connectivity index (χ2n) is 3.48. The minimum absolute atomic E-state index is 0.0809. The van der Waals surface area contributed by atoms with E-state index >= 15 is 0 Å². The van der Waals surface area contributed by atoms with Gasteiger partial charge in [0.05, 0.1) is 3.79 Å². The lowest BCUT2D eigenvalue weighted by Crippen LogP contribution is -2.04. The average molecular weight is 317 g/mol. The largest absolute Gasteiger partial charge is 0.294 e. The summed E-state index contributed by atoms with van der Waals surface area (Å²) in [6.45, 7) is 0. The Morgan fingerprint density at radius 2 is 2.06 bits per heavy atom. The van der Waals surface area contributed by atoms with Crippen LogP contribution < -0.4 is 0 Å². The Morgan fingerprint density at radius 3 is 2.71 bits per heavy atom. The molecule has 0 amide bonds. The number of carbonyl (C=O) groups excluding carboxylic acids is 1. The van der Waals surface area contributed by atoms with E-state index in [0.29, 0.717) is 5.56 Å². The Bertz CT molecular complexity index is 565. The lowest BCUT2D eigenvalue weighted by molar-refractivity contribution is 0.0992. The molecule has 0 bridgehead atoms. The van der Waals surface area contributed by atoms with Gasteiger partial charge in [0.25, 0.3) is 0 Å². The minimum atomic E-state index is -0.561. The number of rotatable bonds is 3. The Hall–Kier alpha value is -1.07. The van der Waals surface area contributed by atoms with Gasteiger partial charge in [-0.2, -0.15) is 0 Å². The van der Waals surface area contributed by atoms with Crippen molar-refractivity contribution < 1.29 is 13.6 Å². The predicted octanol–water partition coefficient (Wildman–Crippen LogP) is 4.21. The van der Waals surface area contributed by atoms with Gasteiger partial charge in [-0.25, -0.2) is 8.78 Å². The van der Waals surface area contributed by atoms with Crippen LogP contribution in [0.1, 0.15) is 15.9 Å². The van der Waals surface area contributed by atoms with E-state index in [1.807, 2.05) is 0 Å². The van der Waals surface area contributed by atoms with E-state index in [4.69, 9.17) is 0 Å². The highest BCUT2D eigenvalue weighted by Gasteiger charge is 2.12. The molecule has 17 heavy (non-hydrogen) atoms. The molecule has 1 heterocycles. The molecule has 0 fully saturated rings. The van der Waals surface area contributed by atoms with Gasteiger partial charge < -0.3 is 0 Å². The number of Topliss-reactive ketones (excluding diaryl/α,β-unsaturated/α-hetero) is 1. The topological polar surface area (TPSA) is 17.1 Å². The summed E-state index contributed by atoms with van der Waals surface area (Å²) in [5, 5.41) is 1.68. The third kappa shape index (κ3) is 2.98. The number of carbonyl (C=O) groups is 1. The van der Waals surface area contributed by atoms with Crippen molar-refractivity contribution in [2.75, 3.05) is 0 Å². The van der Waals surface area contributed by atoms with Gasteiger partial charge in [-0.15, -0.1) is 11.3 Å². The van der Waals surface area contributed by atoms with Gasteiger partial charge in [-0.05, 0) is 45.8 Å². The molecule has 1 nitrogen and oxygen atoms in total. The van der Waals surface area contributed by atoms with E-state index in [0.717, 1.165) is 22.0 Å². The highest BCUT2D eigenvalue weighted by molar-refractivity contribution is 9.11. The second kappa shape index (κ2) is 5.06. The fourth-order valence-corrected chi connectivity index (χ4v) is 2.57. The first-order valence-electron chi connectivity index (χ1n) is 4.77. The van der Waals surface area contributed by atoms with Crippen LogP contribution in [0.4, 0.5) is 8.78 Å². The summed E-state index contributed by atoms with van der Waals surface area (Å²) in [5.41, 5.74) is 0.586. The van der Waals surface area contributed by atoms with Gasteiger partial charge in [-0.3, -0.25) is 4.79 Å². The zero-order valence-corrected chi connectivity index (χ0v) is 10.9. The molecule has 1 aromatic carbocycles. The zero-order valence-electron chi connectivity index (χ0n) is 8.54. The summed E-state index contributed by atoms with van der Waals surface area (Å²) in [7, 11) is 0. The maximum absolute atomic E-state index is 13.3. The predicted molar refractivity (Wildman–Crippen MR) is 66.4 cm³/mol. The van der Waals surface area contributed by atoms with Crippen LogP contribution in [0.15, 0.2) is 33.4 Å². The summed E-state index contributed by atoms with van der Waals surface area (Å²) >= 11 is 4.62. The molecule has 2 aromatic rings. The molecule has 88 valence electrons. The number of thiophene rings is 1. The highest BCUT2D eigenvalue weighted by atomic mass is 79.9. The van der Waals surface area contributed by atoms with Crippen LogP contribution in [-0.4, -0.2) is 5.78 Å². The molecule has 5 heteroatoms. The highest BCUT2D eigenvalue weighted by Crippen LogP contribution is 2.22. The Kier molecular flexibility index (Phi) is 3.69. The molecule has 0 saturated heterocycles. The van der Waals surface area contributed by atoms with Crippen molar-refractivity contribution in [3.63, 3.8) is 0 Å². The standard InChI is InChI=1S/C12H7BrF2OS/c13-12-5-8(6-17-12)11(16)4-7-3-9(14)1-2-10(7)15/h1-3,5-6H,4H2. The summed E-state index contributed by atoms with van der Waals surface area (Å²) in [5.74, 6) is -1.33. The van der Waals surface area contributed by atoms with Crippen LogP contribution in [0.3, 0.4) is 0 Å². The van der Waals surface area contributed by atoms with Crippen LogP contribution >= 0.6 is 27.3 Å². The van der Waals surface area contributed by atoms with Crippen molar-refractivity contribution in [2.24, 2.45) is 0 Å². The molecule has 0 N–H and O–H groups in total. The van der Waals surface area contributed by atoms with E-state index in [2.05, 4.69) is 15.9 Å². The zero-order chi connectivity index (χ0) is 12.4. The quantitative estimate of drug-likeness (QED) is 0.775. The summed E-state index contributed by atoms with van der Waals surface area (Å²) < 4.78 is 27.1. The van der Waals surface area contributed by atoms with Crippen molar-refractivity contribution in [3.05, 3.63) is 56.2 Å². The van der Waals surface area contributed by atoms with Gasteiger partial charge in [0.2, 0.25) is 0 Å². The maximum Gasteiger partial charge on any atom is 0.168 e. The molecule has 0 radical (unpaired) electrons. The maximum atomic E-state index is 13.3. The average Bonchev–Trinajstić information content (AvgIpc) is 2.70. The molecule has 0 saturated carbocycles. The first-order valence-corrected chi connectivity index (χ1v) is 6.44. The van der Waals surface area contributed by atoms with Gasteiger partial charge in [-0.1, -0.05) is 0 Å². The molecule has 0 aliphatic carbocycles. The lowest BCUT2D eigenvalue weighted by atomic mass is 10.0. The SMILES string of the molecule is O=C(Cc1cc(F)ccc1F)c1csc(Br)c1. The Labute approximate surface area is 109 Å². The van der Waals surface area contributed by atoms with E-state index in [1.165, 1.54) is 11.3 Å². The molecule has 0 unspecified atom stereocenters. The molecule has 0 spiro atoms. The van der Waals surface area contributed by atoms with Crippen LogP contribution in [0.5, 0.6) is 0 Å². The third-order valence-electron chi connectivity index (χ3n) is 2.25. The lowest BCUT2D eigenvalue weighted by Gasteiger charge is -2.01. The van der Waals surface area contributed by atoms with Crippen molar-refractivity contribution >= 4 is 33.0 Å². The summed E-state index contributed by atoms with van der Waals surface area (Å²) in [6.07, 6.45) is -0.132. The summed E-state index contributed by atoms with van der Waals surface area (Å²) in [4.78, 5) is 11.8. The van der Waals surface area contributed by atoms with Crippen molar-refractivity contribution in [2.45, 2.75) is 6.42 Å². The van der Waals surface area contributed by atoms with E-state index < -0.39 is 11.6 Å². The van der Waals surface area contributed by atoms with Crippen LogP contribution in [0.2, 0.25) is 0 Å². The molecule has 2 rings (SSSR count). The van der Waals surface area contributed by atoms with Crippen LogP contribution in [0.25, 0.3) is 0 Å². The van der Waals surface area contributed by atoms with Crippen LogP contribution in [-0.2, 0) is 6.42 Å². The van der Waals surface area contributed by atoms with Gasteiger partial charge in [0.15, 0.2) is 5.78 Å². The smallest absolute Gasteiger partial charge is 0.168 e.